The van der Waals surface area contributed by atoms with Crippen molar-refractivity contribution < 1.29 is 0 Å². The highest BCUT2D eigenvalue weighted by Crippen LogP contribution is 2.27. The Bertz CT molecular complexity index is 574. The van der Waals surface area contributed by atoms with Gasteiger partial charge in [0.2, 0.25) is 0 Å². The van der Waals surface area contributed by atoms with Gasteiger partial charge in [-0.3, -0.25) is 0 Å². The lowest BCUT2D eigenvalue weighted by Crippen LogP contribution is -2.41. The third-order valence-electron chi connectivity index (χ3n) is 4.12. The summed E-state index contributed by atoms with van der Waals surface area (Å²) in [6.07, 6.45) is 5.00. The molecule has 2 nitrogen and oxygen atoms in total. The maximum Gasteiger partial charge on any atom is 0.0462 e. The summed E-state index contributed by atoms with van der Waals surface area (Å²) >= 11 is 7.09. The molecule has 2 N–H and O–H groups in total. The fraction of sp³-hybridized carbons (Fsp3) is 0.333. The van der Waals surface area contributed by atoms with Crippen molar-refractivity contribution in [3.05, 3.63) is 57.5 Å². The summed E-state index contributed by atoms with van der Waals surface area (Å²) in [6.45, 7) is 0. The summed E-state index contributed by atoms with van der Waals surface area (Å²) in [5.41, 5.74) is 2.37. The maximum absolute atomic E-state index is 3.70. The lowest BCUT2D eigenvalue weighted by Gasteiger charge is -2.34. The predicted octanol–water partition coefficient (Wildman–Crippen LogP) is 6.05. The first-order valence-electron chi connectivity index (χ1n) is 7.75. The second-order valence-electron chi connectivity index (χ2n) is 5.81. The fourth-order valence-corrected chi connectivity index (χ4v) is 3.86. The van der Waals surface area contributed by atoms with Crippen LogP contribution in [0.3, 0.4) is 0 Å². The van der Waals surface area contributed by atoms with E-state index in [9.17, 15) is 0 Å². The molecular formula is C18H20Br2N2. The molecule has 1 fully saturated rings. The number of nitrogens with one attached hydrogen (secondary N) is 2. The van der Waals surface area contributed by atoms with Gasteiger partial charge in [-0.05, 0) is 49.2 Å². The van der Waals surface area contributed by atoms with Gasteiger partial charge >= 0.3 is 0 Å². The third kappa shape index (κ3) is 4.26. The summed E-state index contributed by atoms with van der Waals surface area (Å²) in [5.74, 6) is 0. The van der Waals surface area contributed by atoms with Crippen molar-refractivity contribution in [3.63, 3.8) is 0 Å². The van der Waals surface area contributed by atoms with Gasteiger partial charge in [0.1, 0.15) is 0 Å². The molecule has 0 saturated heterocycles. The monoisotopic (exact) mass is 422 g/mol. The zero-order chi connectivity index (χ0) is 15.4. The fourth-order valence-electron chi connectivity index (χ4n) is 3.06. The molecule has 0 heterocycles. The molecule has 0 spiro atoms. The Morgan fingerprint density at radius 3 is 1.59 bits per heavy atom. The Morgan fingerprint density at radius 2 is 1.18 bits per heavy atom. The molecule has 22 heavy (non-hydrogen) atoms. The number of anilines is 2. The zero-order valence-corrected chi connectivity index (χ0v) is 15.5. The van der Waals surface area contributed by atoms with Gasteiger partial charge in [-0.2, -0.15) is 0 Å². The van der Waals surface area contributed by atoms with E-state index in [2.05, 4.69) is 91.0 Å². The van der Waals surface area contributed by atoms with Crippen LogP contribution in [-0.2, 0) is 0 Å². The Morgan fingerprint density at radius 1 is 0.727 bits per heavy atom. The van der Waals surface area contributed by atoms with Crippen molar-refractivity contribution in [2.24, 2.45) is 0 Å². The van der Waals surface area contributed by atoms with Crippen molar-refractivity contribution in [2.75, 3.05) is 10.6 Å². The van der Waals surface area contributed by atoms with Crippen LogP contribution in [0.4, 0.5) is 11.4 Å². The Hall–Kier alpha value is -1.00. The number of halogens is 2. The summed E-state index contributed by atoms with van der Waals surface area (Å²) in [7, 11) is 0. The molecule has 2 aromatic rings. The SMILES string of the molecule is Brc1cccc(N[C@@H]2CCCC[C@H]2Nc2cccc(Br)c2)c1. The van der Waals surface area contributed by atoms with Crippen molar-refractivity contribution in [3.8, 4) is 0 Å². The second kappa shape index (κ2) is 7.51. The summed E-state index contributed by atoms with van der Waals surface area (Å²) in [6, 6.07) is 17.7. The molecule has 4 heteroatoms. The molecule has 1 saturated carbocycles. The van der Waals surface area contributed by atoms with Crippen LogP contribution in [0.5, 0.6) is 0 Å². The normalized spacial score (nSPS) is 21.4. The van der Waals surface area contributed by atoms with Gasteiger partial charge in [-0.25, -0.2) is 0 Å². The molecule has 0 bridgehead atoms. The highest BCUT2D eigenvalue weighted by Gasteiger charge is 2.25. The molecule has 1 aliphatic carbocycles. The number of benzene rings is 2. The van der Waals surface area contributed by atoms with E-state index >= 15 is 0 Å². The highest BCUT2D eigenvalue weighted by molar-refractivity contribution is 9.10. The minimum Gasteiger partial charge on any atom is -0.380 e. The van der Waals surface area contributed by atoms with Crippen LogP contribution in [0, 0.1) is 0 Å². The van der Waals surface area contributed by atoms with Crippen LogP contribution in [0.2, 0.25) is 0 Å². The van der Waals surface area contributed by atoms with Gasteiger partial charge in [-0.1, -0.05) is 56.8 Å². The van der Waals surface area contributed by atoms with E-state index in [1.165, 1.54) is 37.1 Å². The molecule has 2 aromatic carbocycles. The lowest BCUT2D eigenvalue weighted by molar-refractivity contribution is 0.424. The second-order valence-corrected chi connectivity index (χ2v) is 7.64. The Kier molecular flexibility index (Phi) is 5.42. The van der Waals surface area contributed by atoms with Crippen LogP contribution < -0.4 is 10.6 Å². The van der Waals surface area contributed by atoms with Crippen LogP contribution >= 0.6 is 31.9 Å². The first kappa shape index (κ1) is 15.9. The van der Waals surface area contributed by atoms with E-state index in [1.807, 2.05) is 0 Å². The van der Waals surface area contributed by atoms with E-state index in [1.54, 1.807) is 0 Å². The molecule has 0 unspecified atom stereocenters. The van der Waals surface area contributed by atoms with Crippen molar-refractivity contribution in [1.29, 1.82) is 0 Å². The number of rotatable bonds is 4. The van der Waals surface area contributed by atoms with E-state index in [0.29, 0.717) is 12.1 Å². The minimum atomic E-state index is 0.460. The van der Waals surface area contributed by atoms with Crippen LogP contribution in [0.15, 0.2) is 57.5 Å². The smallest absolute Gasteiger partial charge is 0.0462 e. The zero-order valence-electron chi connectivity index (χ0n) is 12.4. The number of hydrogen-bond donors (Lipinski definition) is 2. The molecule has 2 atom stereocenters. The largest absolute Gasteiger partial charge is 0.380 e. The van der Waals surface area contributed by atoms with E-state index in [-0.39, 0.29) is 0 Å². The first-order valence-corrected chi connectivity index (χ1v) is 9.33. The van der Waals surface area contributed by atoms with Crippen LogP contribution in [-0.4, -0.2) is 12.1 Å². The van der Waals surface area contributed by atoms with Crippen molar-refractivity contribution in [2.45, 2.75) is 37.8 Å². The van der Waals surface area contributed by atoms with E-state index in [4.69, 9.17) is 0 Å². The minimum absolute atomic E-state index is 0.460. The third-order valence-corrected chi connectivity index (χ3v) is 5.11. The molecule has 0 radical (unpaired) electrons. The van der Waals surface area contributed by atoms with Gasteiger partial charge in [-0.15, -0.1) is 0 Å². The van der Waals surface area contributed by atoms with E-state index < -0.39 is 0 Å². The maximum atomic E-state index is 3.70. The molecule has 1 aliphatic rings. The summed E-state index contributed by atoms with van der Waals surface area (Å²) < 4.78 is 2.23. The van der Waals surface area contributed by atoms with Gasteiger partial charge in [0.05, 0.1) is 0 Å². The Balaban J connectivity index is 1.71. The lowest BCUT2D eigenvalue weighted by atomic mass is 9.90. The Labute approximate surface area is 149 Å². The molecule has 0 aromatic heterocycles. The van der Waals surface area contributed by atoms with Gasteiger partial charge in [0.25, 0.3) is 0 Å². The van der Waals surface area contributed by atoms with E-state index in [0.717, 1.165) is 8.95 Å². The summed E-state index contributed by atoms with van der Waals surface area (Å²) in [4.78, 5) is 0. The molecular weight excluding hydrogens is 404 g/mol. The molecule has 0 aliphatic heterocycles. The van der Waals surface area contributed by atoms with Gasteiger partial charge in [0, 0.05) is 32.4 Å². The van der Waals surface area contributed by atoms with Gasteiger partial charge < -0.3 is 10.6 Å². The van der Waals surface area contributed by atoms with Crippen molar-refractivity contribution >= 4 is 43.2 Å². The average Bonchev–Trinajstić information content (AvgIpc) is 2.49. The quantitative estimate of drug-likeness (QED) is 0.625. The molecule has 0 amide bonds. The standard InChI is InChI=1S/C18H20Br2N2/c19-13-5-3-7-15(11-13)21-17-9-1-2-10-18(17)22-16-8-4-6-14(20)12-16/h3-8,11-12,17-18,21-22H,1-2,9-10H2/t17-,18-/m1/s1. The van der Waals surface area contributed by atoms with Crippen LogP contribution in [0.1, 0.15) is 25.7 Å². The topological polar surface area (TPSA) is 24.1 Å². The van der Waals surface area contributed by atoms with Gasteiger partial charge in [0.15, 0.2) is 0 Å². The highest BCUT2D eigenvalue weighted by atomic mass is 79.9. The molecule has 3 rings (SSSR count). The van der Waals surface area contributed by atoms with Crippen LogP contribution in [0.25, 0.3) is 0 Å². The number of hydrogen-bond acceptors (Lipinski definition) is 2. The molecule has 116 valence electrons. The predicted molar refractivity (Wildman–Crippen MR) is 102 cm³/mol. The summed E-state index contributed by atoms with van der Waals surface area (Å²) in [5, 5.41) is 7.40. The first-order chi connectivity index (χ1) is 10.7. The average molecular weight is 424 g/mol. The van der Waals surface area contributed by atoms with Crippen molar-refractivity contribution in [1.82, 2.24) is 0 Å².